The molecule has 3 nitrogen and oxygen atoms in total. The lowest BCUT2D eigenvalue weighted by Gasteiger charge is -2.27. The molecule has 1 aromatic rings. The van der Waals surface area contributed by atoms with Crippen LogP contribution in [0.5, 0.6) is 0 Å². The highest BCUT2D eigenvalue weighted by Gasteiger charge is 2.24. The second-order valence-corrected chi connectivity index (χ2v) is 6.62. The maximum atomic E-state index is 12.0. The molecule has 0 aromatic carbocycles. The first-order chi connectivity index (χ1) is 8.65. The van der Waals surface area contributed by atoms with Gasteiger partial charge in [-0.3, -0.25) is 4.79 Å². The number of carbonyl (C=O) groups is 1. The Bertz CT molecular complexity index is 407. The van der Waals surface area contributed by atoms with E-state index in [2.05, 4.69) is 17.6 Å². The first-order valence-electron chi connectivity index (χ1n) is 6.40. The molecular formula is C13H19ClN2OS. The number of halogens is 1. The Morgan fingerprint density at radius 3 is 3.11 bits per heavy atom. The molecule has 2 rings (SSSR count). The molecule has 0 saturated carbocycles. The van der Waals surface area contributed by atoms with Crippen molar-refractivity contribution in [3.8, 4) is 0 Å². The van der Waals surface area contributed by atoms with Crippen molar-refractivity contribution in [1.82, 2.24) is 10.6 Å². The Balaban J connectivity index is 1.71. The van der Waals surface area contributed by atoms with Gasteiger partial charge in [-0.05, 0) is 44.9 Å². The van der Waals surface area contributed by atoms with Crippen molar-refractivity contribution < 1.29 is 4.79 Å². The van der Waals surface area contributed by atoms with Gasteiger partial charge in [0.2, 0.25) is 5.91 Å². The van der Waals surface area contributed by atoms with Gasteiger partial charge in [0, 0.05) is 23.4 Å². The first-order valence-corrected chi connectivity index (χ1v) is 7.60. The van der Waals surface area contributed by atoms with Gasteiger partial charge < -0.3 is 10.6 Å². The van der Waals surface area contributed by atoms with Crippen LogP contribution in [-0.2, 0) is 11.2 Å². The number of hydrogen-bond donors (Lipinski definition) is 2. The predicted molar refractivity (Wildman–Crippen MR) is 76.2 cm³/mol. The molecule has 2 heterocycles. The van der Waals surface area contributed by atoms with Gasteiger partial charge in [0.15, 0.2) is 0 Å². The van der Waals surface area contributed by atoms with Crippen molar-refractivity contribution in [2.24, 2.45) is 5.92 Å². The number of carbonyl (C=O) groups excluding carboxylic acids is 1. The van der Waals surface area contributed by atoms with Crippen LogP contribution in [0.3, 0.4) is 0 Å². The predicted octanol–water partition coefficient (Wildman–Crippen LogP) is 2.45. The Hall–Kier alpha value is -0.580. The molecule has 1 aliphatic rings. The topological polar surface area (TPSA) is 41.1 Å². The van der Waals surface area contributed by atoms with Gasteiger partial charge in [0.1, 0.15) is 0 Å². The minimum atomic E-state index is 0.174. The molecule has 1 aromatic heterocycles. The summed E-state index contributed by atoms with van der Waals surface area (Å²) in [7, 11) is 0. The van der Waals surface area contributed by atoms with Crippen molar-refractivity contribution >= 4 is 28.8 Å². The van der Waals surface area contributed by atoms with Crippen LogP contribution in [0, 0.1) is 5.92 Å². The fourth-order valence-electron chi connectivity index (χ4n) is 2.31. The summed E-state index contributed by atoms with van der Waals surface area (Å²) in [6.07, 6.45) is 2.75. The lowest BCUT2D eigenvalue weighted by molar-refractivity contribution is -0.126. The lowest BCUT2D eigenvalue weighted by atomic mass is 9.92. The van der Waals surface area contributed by atoms with E-state index in [4.69, 9.17) is 11.6 Å². The van der Waals surface area contributed by atoms with Crippen LogP contribution in [0.2, 0.25) is 4.34 Å². The van der Waals surface area contributed by atoms with E-state index in [1.54, 1.807) is 11.3 Å². The molecule has 1 aliphatic heterocycles. The summed E-state index contributed by atoms with van der Waals surface area (Å²) in [4.78, 5) is 13.2. The summed E-state index contributed by atoms with van der Waals surface area (Å²) in [5.74, 6) is 0.374. The van der Waals surface area contributed by atoms with Crippen molar-refractivity contribution in [2.75, 3.05) is 13.1 Å². The molecule has 0 spiro atoms. The van der Waals surface area contributed by atoms with Crippen molar-refractivity contribution in [2.45, 2.75) is 32.2 Å². The molecule has 2 atom stereocenters. The van der Waals surface area contributed by atoms with Gasteiger partial charge >= 0.3 is 0 Å². The second kappa shape index (κ2) is 6.55. The zero-order valence-corrected chi connectivity index (χ0v) is 12.1. The van der Waals surface area contributed by atoms with E-state index in [1.807, 2.05) is 12.1 Å². The molecule has 1 amide bonds. The Kier molecular flexibility index (Phi) is 5.03. The largest absolute Gasteiger partial charge is 0.355 e. The van der Waals surface area contributed by atoms with Crippen molar-refractivity contribution in [3.05, 3.63) is 21.3 Å². The van der Waals surface area contributed by atoms with Crippen LogP contribution < -0.4 is 10.6 Å². The van der Waals surface area contributed by atoms with Crippen LogP contribution >= 0.6 is 22.9 Å². The number of piperidine rings is 1. The standard InChI is InChI=1S/C13H19ClN2OS/c1-9-8-10(4-6-15-9)13(17)16-7-5-11-2-3-12(14)18-11/h2-3,9-10,15H,4-8H2,1H3,(H,16,17)/t9-,10-/m0/s1. The first kappa shape index (κ1) is 13.8. The quantitative estimate of drug-likeness (QED) is 0.893. The molecule has 0 unspecified atom stereocenters. The summed E-state index contributed by atoms with van der Waals surface area (Å²) in [5, 5.41) is 6.39. The fraction of sp³-hybridized carbons (Fsp3) is 0.615. The van der Waals surface area contributed by atoms with Crippen molar-refractivity contribution in [3.63, 3.8) is 0 Å². The van der Waals surface area contributed by atoms with Gasteiger partial charge in [-0.25, -0.2) is 0 Å². The van der Waals surface area contributed by atoms with E-state index in [1.165, 1.54) is 4.88 Å². The molecule has 0 aliphatic carbocycles. The molecule has 5 heteroatoms. The van der Waals surface area contributed by atoms with E-state index in [0.29, 0.717) is 12.6 Å². The lowest BCUT2D eigenvalue weighted by Crippen LogP contribution is -2.42. The monoisotopic (exact) mass is 286 g/mol. The summed E-state index contributed by atoms with van der Waals surface area (Å²) in [6, 6.07) is 4.37. The van der Waals surface area contributed by atoms with Crippen molar-refractivity contribution in [1.29, 1.82) is 0 Å². The van der Waals surface area contributed by atoms with Crippen LogP contribution in [0.1, 0.15) is 24.6 Å². The maximum Gasteiger partial charge on any atom is 0.223 e. The normalized spacial score (nSPS) is 23.9. The second-order valence-electron chi connectivity index (χ2n) is 4.82. The summed E-state index contributed by atoms with van der Waals surface area (Å²) in [5.41, 5.74) is 0. The maximum absolute atomic E-state index is 12.0. The Morgan fingerprint density at radius 1 is 1.61 bits per heavy atom. The molecule has 1 saturated heterocycles. The van der Waals surface area contributed by atoms with E-state index in [-0.39, 0.29) is 11.8 Å². The van der Waals surface area contributed by atoms with Crippen LogP contribution in [0.25, 0.3) is 0 Å². The summed E-state index contributed by atoms with van der Waals surface area (Å²) < 4.78 is 0.809. The van der Waals surface area contributed by atoms with E-state index in [0.717, 1.165) is 30.1 Å². The third kappa shape index (κ3) is 3.97. The van der Waals surface area contributed by atoms with Crippen LogP contribution in [0.4, 0.5) is 0 Å². The van der Waals surface area contributed by atoms with E-state index >= 15 is 0 Å². The number of hydrogen-bond acceptors (Lipinski definition) is 3. The van der Waals surface area contributed by atoms with Crippen LogP contribution in [-0.4, -0.2) is 25.0 Å². The molecular weight excluding hydrogens is 268 g/mol. The average molecular weight is 287 g/mol. The fourth-order valence-corrected chi connectivity index (χ4v) is 3.40. The third-order valence-corrected chi connectivity index (χ3v) is 4.58. The van der Waals surface area contributed by atoms with Gasteiger partial charge in [0.05, 0.1) is 4.34 Å². The zero-order chi connectivity index (χ0) is 13.0. The van der Waals surface area contributed by atoms with Gasteiger partial charge in [-0.15, -0.1) is 11.3 Å². The number of rotatable bonds is 4. The van der Waals surface area contributed by atoms with E-state index < -0.39 is 0 Å². The zero-order valence-electron chi connectivity index (χ0n) is 10.5. The molecule has 1 fully saturated rings. The van der Waals surface area contributed by atoms with Gasteiger partial charge in [-0.2, -0.15) is 0 Å². The number of nitrogens with one attached hydrogen (secondary N) is 2. The average Bonchev–Trinajstić information content (AvgIpc) is 2.75. The Morgan fingerprint density at radius 2 is 2.44 bits per heavy atom. The van der Waals surface area contributed by atoms with Gasteiger partial charge in [0.25, 0.3) is 0 Å². The van der Waals surface area contributed by atoms with Crippen LogP contribution in [0.15, 0.2) is 12.1 Å². The molecule has 0 radical (unpaired) electrons. The molecule has 100 valence electrons. The van der Waals surface area contributed by atoms with Gasteiger partial charge in [-0.1, -0.05) is 11.6 Å². The summed E-state index contributed by atoms with van der Waals surface area (Å²) >= 11 is 7.44. The number of amides is 1. The smallest absolute Gasteiger partial charge is 0.223 e. The minimum Gasteiger partial charge on any atom is -0.355 e. The molecule has 18 heavy (non-hydrogen) atoms. The summed E-state index contributed by atoms with van der Waals surface area (Å²) in [6.45, 7) is 3.78. The highest BCUT2D eigenvalue weighted by atomic mass is 35.5. The highest BCUT2D eigenvalue weighted by molar-refractivity contribution is 7.16. The number of thiophene rings is 1. The Labute approximate surface area is 117 Å². The highest BCUT2D eigenvalue weighted by Crippen LogP contribution is 2.21. The molecule has 0 bridgehead atoms. The molecule has 2 N–H and O–H groups in total. The third-order valence-electron chi connectivity index (χ3n) is 3.29. The minimum absolute atomic E-state index is 0.174. The van der Waals surface area contributed by atoms with E-state index in [9.17, 15) is 4.79 Å². The SMILES string of the molecule is C[C@H]1C[C@@H](C(=O)NCCc2ccc(Cl)s2)CCN1.